The van der Waals surface area contributed by atoms with Crippen LogP contribution in [0.15, 0.2) is 18.3 Å². The molecule has 0 spiro atoms. The van der Waals surface area contributed by atoms with Crippen LogP contribution in [0.4, 0.5) is 13.2 Å². The lowest BCUT2D eigenvalue weighted by molar-refractivity contribution is -0.351. The molecule has 2 aliphatic heterocycles. The van der Waals surface area contributed by atoms with Crippen LogP contribution in [0.1, 0.15) is 19.9 Å². The number of aliphatic hydroxyl groups excluding tert-OH is 1. The van der Waals surface area contributed by atoms with Gasteiger partial charge in [-0.25, -0.2) is 17.9 Å². The zero-order valence-corrected chi connectivity index (χ0v) is 16.6. The van der Waals surface area contributed by atoms with E-state index in [4.69, 9.17) is 18.9 Å². The molecule has 1 aromatic carbocycles. The maximum Gasteiger partial charge on any atom is 0.194 e. The molecule has 1 aromatic heterocycles. The van der Waals surface area contributed by atoms with Crippen LogP contribution < -0.4 is 0 Å². The van der Waals surface area contributed by atoms with Crippen molar-refractivity contribution >= 4 is 0 Å². The number of aliphatic hydroxyl groups is 1. The summed E-state index contributed by atoms with van der Waals surface area (Å²) in [6, 6.07) is 1.11. The summed E-state index contributed by atoms with van der Waals surface area (Å²) < 4.78 is 65.2. The molecule has 2 aliphatic rings. The number of halogens is 3. The quantitative estimate of drug-likeness (QED) is 0.742. The van der Waals surface area contributed by atoms with Crippen LogP contribution in [0.25, 0.3) is 11.3 Å². The predicted octanol–water partition coefficient (Wildman–Crippen LogP) is 1.83. The van der Waals surface area contributed by atoms with Crippen molar-refractivity contribution in [2.24, 2.45) is 0 Å². The first kappa shape index (κ1) is 21.2. The molecule has 30 heavy (non-hydrogen) atoms. The molecule has 0 saturated carbocycles. The van der Waals surface area contributed by atoms with Crippen molar-refractivity contribution in [2.75, 3.05) is 20.3 Å². The molecule has 5 atom stereocenters. The second-order valence-corrected chi connectivity index (χ2v) is 7.72. The van der Waals surface area contributed by atoms with Crippen molar-refractivity contribution < 1.29 is 37.2 Å². The molecule has 2 fully saturated rings. The summed E-state index contributed by atoms with van der Waals surface area (Å²) in [6.45, 7) is 3.45. The second-order valence-electron chi connectivity index (χ2n) is 7.72. The number of fused-ring (bicyclic) bond motifs is 1. The Bertz CT molecular complexity index is 902. The molecule has 8 nitrogen and oxygen atoms in total. The SMILES string of the molecule is CO[C@@H]1C(n2cc(-c3cc(F)c(F)c(F)c3)nn2)[C@H]2OC(C)(C)OC[C@H]2O[C@@H]1CO. The average molecular weight is 429 g/mol. The van der Waals surface area contributed by atoms with Crippen molar-refractivity contribution in [3.63, 3.8) is 0 Å². The average Bonchev–Trinajstić information content (AvgIpc) is 3.19. The molecule has 3 heterocycles. The van der Waals surface area contributed by atoms with Crippen molar-refractivity contribution in [3.8, 4) is 11.3 Å². The van der Waals surface area contributed by atoms with Gasteiger partial charge in [0, 0.05) is 12.7 Å². The Balaban J connectivity index is 1.72. The highest BCUT2D eigenvalue weighted by molar-refractivity contribution is 5.57. The van der Waals surface area contributed by atoms with Gasteiger partial charge in [0.2, 0.25) is 0 Å². The van der Waals surface area contributed by atoms with Gasteiger partial charge in [0.05, 0.1) is 19.4 Å². The summed E-state index contributed by atoms with van der Waals surface area (Å²) in [7, 11) is 1.47. The number of methoxy groups -OCH3 is 1. The Morgan fingerprint density at radius 2 is 1.97 bits per heavy atom. The highest BCUT2D eigenvalue weighted by atomic mass is 19.2. The Hall–Kier alpha value is -2.05. The first-order valence-electron chi connectivity index (χ1n) is 9.41. The first-order valence-corrected chi connectivity index (χ1v) is 9.41. The van der Waals surface area contributed by atoms with Gasteiger partial charge < -0.3 is 24.1 Å². The highest BCUT2D eigenvalue weighted by Gasteiger charge is 2.52. The zero-order valence-electron chi connectivity index (χ0n) is 16.6. The van der Waals surface area contributed by atoms with Crippen molar-refractivity contribution in [1.29, 1.82) is 0 Å². The first-order chi connectivity index (χ1) is 14.2. The molecule has 164 valence electrons. The maximum absolute atomic E-state index is 13.6. The van der Waals surface area contributed by atoms with Crippen LogP contribution in [0.5, 0.6) is 0 Å². The lowest BCUT2D eigenvalue weighted by atomic mass is 9.91. The molecule has 1 unspecified atom stereocenters. The van der Waals surface area contributed by atoms with Crippen molar-refractivity contribution in [3.05, 3.63) is 35.8 Å². The van der Waals surface area contributed by atoms with E-state index in [0.29, 0.717) is 0 Å². The predicted molar refractivity (Wildman–Crippen MR) is 95.8 cm³/mol. The fourth-order valence-corrected chi connectivity index (χ4v) is 3.93. The molecule has 0 radical (unpaired) electrons. The Morgan fingerprint density at radius 1 is 1.27 bits per heavy atom. The number of hydrogen-bond acceptors (Lipinski definition) is 7. The molecule has 0 aliphatic carbocycles. The second kappa shape index (κ2) is 7.89. The van der Waals surface area contributed by atoms with Gasteiger partial charge in [-0.15, -0.1) is 5.10 Å². The van der Waals surface area contributed by atoms with Gasteiger partial charge in [0.15, 0.2) is 23.2 Å². The third kappa shape index (κ3) is 3.71. The lowest BCUT2D eigenvalue weighted by Crippen LogP contribution is -2.63. The van der Waals surface area contributed by atoms with E-state index < -0.39 is 53.7 Å². The number of rotatable bonds is 4. The van der Waals surface area contributed by atoms with E-state index in [-0.39, 0.29) is 24.5 Å². The van der Waals surface area contributed by atoms with Crippen LogP contribution in [0, 0.1) is 17.5 Å². The highest BCUT2D eigenvalue weighted by Crippen LogP contribution is 2.39. The molecule has 0 bridgehead atoms. The Labute approximate surface area is 170 Å². The summed E-state index contributed by atoms with van der Waals surface area (Å²) in [6.07, 6.45) is -0.923. The topological polar surface area (TPSA) is 87.9 Å². The van der Waals surface area contributed by atoms with Crippen LogP contribution in [0.2, 0.25) is 0 Å². The minimum Gasteiger partial charge on any atom is -0.394 e. The number of benzene rings is 1. The zero-order chi connectivity index (χ0) is 21.6. The van der Waals surface area contributed by atoms with E-state index in [9.17, 15) is 18.3 Å². The number of ether oxygens (including phenoxy) is 4. The van der Waals surface area contributed by atoms with E-state index in [2.05, 4.69) is 10.3 Å². The van der Waals surface area contributed by atoms with Gasteiger partial charge in [-0.2, -0.15) is 0 Å². The number of nitrogens with zero attached hydrogens (tertiary/aromatic N) is 3. The molecular weight excluding hydrogens is 407 g/mol. The fourth-order valence-electron chi connectivity index (χ4n) is 3.93. The third-order valence-corrected chi connectivity index (χ3v) is 5.32. The summed E-state index contributed by atoms with van der Waals surface area (Å²) in [4.78, 5) is 0. The van der Waals surface area contributed by atoms with E-state index >= 15 is 0 Å². The maximum atomic E-state index is 13.6. The molecule has 1 N–H and O–H groups in total. The summed E-state index contributed by atoms with van der Waals surface area (Å²) in [5.74, 6) is -5.09. The normalized spacial score (nSPS) is 30.8. The molecular formula is C19H22F3N3O5. The molecule has 4 rings (SSSR count). The number of aromatic nitrogens is 3. The van der Waals surface area contributed by atoms with Gasteiger partial charge in [-0.1, -0.05) is 5.21 Å². The van der Waals surface area contributed by atoms with Gasteiger partial charge in [-0.3, -0.25) is 0 Å². The summed E-state index contributed by atoms with van der Waals surface area (Å²) >= 11 is 0. The van der Waals surface area contributed by atoms with Gasteiger partial charge >= 0.3 is 0 Å². The van der Waals surface area contributed by atoms with Crippen molar-refractivity contribution in [2.45, 2.75) is 50.1 Å². The Morgan fingerprint density at radius 3 is 2.60 bits per heavy atom. The summed E-state index contributed by atoms with van der Waals surface area (Å²) in [5, 5.41) is 17.8. The summed E-state index contributed by atoms with van der Waals surface area (Å²) in [5.41, 5.74) is 0.166. The van der Waals surface area contributed by atoms with Crippen LogP contribution in [-0.2, 0) is 18.9 Å². The van der Waals surface area contributed by atoms with E-state index in [1.54, 1.807) is 13.8 Å². The molecule has 2 aromatic rings. The monoisotopic (exact) mass is 429 g/mol. The van der Waals surface area contributed by atoms with E-state index in [1.807, 2.05) is 0 Å². The minimum atomic E-state index is -1.55. The van der Waals surface area contributed by atoms with Crippen LogP contribution in [-0.4, -0.2) is 70.6 Å². The molecule has 2 saturated heterocycles. The fraction of sp³-hybridized carbons (Fsp3) is 0.579. The standard InChI is InChI=1S/C19H22F3N3O5/c1-19(2)28-8-14-18(30-19)16(17(27-3)13(7-26)29-14)25-6-12(23-24-25)9-4-10(20)15(22)11(21)5-9/h4-6,13-14,16-18,26H,7-8H2,1-3H3/t13-,14-,16?,17+,18+/m1/s1. The molecule has 0 amide bonds. The van der Waals surface area contributed by atoms with E-state index in [0.717, 1.165) is 12.1 Å². The van der Waals surface area contributed by atoms with Crippen molar-refractivity contribution in [1.82, 2.24) is 15.0 Å². The van der Waals surface area contributed by atoms with Gasteiger partial charge in [0.1, 0.15) is 36.2 Å². The van der Waals surface area contributed by atoms with Gasteiger partial charge in [-0.05, 0) is 26.0 Å². The number of hydrogen-bond donors (Lipinski definition) is 1. The van der Waals surface area contributed by atoms with Crippen LogP contribution >= 0.6 is 0 Å². The lowest BCUT2D eigenvalue weighted by Gasteiger charge is -2.50. The molecule has 11 heteroatoms. The van der Waals surface area contributed by atoms with Gasteiger partial charge in [0.25, 0.3) is 0 Å². The Kier molecular flexibility index (Phi) is 5.58. The largest absolute Gasteiger partial charge is 0.394 e. The minimum absolute atomic E-state index is 0.0298. The van der Waals surface area contributed by atoms with Crippen LogP contribution in [0.3, 0.4) is 0 Å². The third-order valence-electron chi connectivity index (χ3n) is 5.32. The van der Waals surface area contributed by atoms with E-state index in [1.165, 1.54) is 18.0 Å². The smallest absolute Gasteiger partial charge is 0.194 e.